The first-order valence-corrected chi connectivity index (χ1v) is 11.9. The minimum absolute atomic E-state index is 0.196. The van der Waals surface area contributed by atoms with Crippen molar-refractivity contribution in [3.63, 3.8) is 0 Å². The van der Waals surface area contributed by atoms with Crippen LogP contribution in [0, 0.1) is 6.92 Å². The number of hydrogen-bond donors (Lipinski definition) is 1. The van der Waals surface area contributed by atoms with Gasteiger partial charge in [0.2, 0.25) is 5.95 Å². The van der Waals surface area contributed by atoms with Gasteiger partial charge < -0.3 is 24.3 Å². The van der Waals surface area contributed by atoms with Crippen molar-refractivity contribution in [1.29, 1.82) is 0 Å². The minimum atomic E-state index is 0.196. The molecule has 1 unspecified atom stereocenters. The molecule has 0 spiro atoms. The van der Waals surface area contributed by atoms with Crippen LogP contribution >= 0.6 is 0 Å². The summed E-state index contributed by atoms with van der Waals surface area (Å²) in [6, 6.07) is 7.89. The Kier molecular flexibility index (Phi) is 6.45. The molecule has 1 atom stereocenters. The summed E-state index contributed by atoms with van der Waals surface area (Å²) in [7, 11) is 3.68. The standard InChI is InChI=1S/C25H30N8O2/c1-5-35-21-12-17(23-31-27-15-32(23)3)8-9-20(21)29-25-26-13-18-11-16(2)28-24(22(18)30-25)33-10-6-7-19(14-33)34-4/h8-9,11-13,15,19H,5-7,10,14H2,1-4H3,(H,26,29,30). The number of benzene rings is 1. The van der Waals surface area contributed by atoms with Gasteiger partial charge in [-0.2, -0.15) is 0 Å². The Balaban J connectivity index is 1.50. The van der Waals surface area contributed by atoms with E-state index in [4.69, 9.17) is 19.4 Å². The van der Waals surface area contributed by atoms with Crippen LogP contribution in [0.15, 0.2) is 36.8 Å². The summed E-state index contributed by atoms with van der Waals surface area (Å²) in [6.45, 7) is 6.21. The molecule has 5 rings (SSSR count). The monoisotopic (exact) mass is 474 g/mol. The summed E-state index contributed by atoms with van der Waals surface area (Å²) in [4.78, 5) is 16.6. The number of pyridine rings is 1. The zero-order valence-electron chi connectivity index (χ0n) is 20.5. The fraction of sp³-hybridized carbons (Fsp3) is 0.400. The number of aryl methyl sites for hydroxylation is 2. The Morgan fingerprint density at radius 2 is 2.09 bits per heavy atom. The average molecular weight is 475 g/mol. The number of nitrogens with zero attached hydrogens (tertiary/aromatic N) is 7. The second kappa shape index (κ2) is 9.83. The summed E-state index contributed by atoms with van der Waals surface area (Å²) in [5.74, 6) is 2.81. The quantitative estimate of drug-likeness (QED) is 0.427. The van der Waals surface area contributed by atoms with E-state index in [1.54, 1.807) is 13.4 Å². The van der Waals surface area contributed by atoms with Gasteiger partial charge in [0.25, 0.3) is 0 Å². The highest BCUT2D eigenvalue weighted by atomic mass is 16.5. The van der Waals surface area contributed by atoms with Gasteiger partial charge in [-0.15, -0.1) is 10.2 Å². The summed E-state index contributed by atoms with van der Waals surface area (Å²) in [6.07, 6.45) is 5.83. The highest BCUT2D eigenvalue weighted by molar-refractivity contribution is 5.89. The lowest BCUT2D eigenvalue weighted by molar-refractivity contribution is 0.0892. The summed E-state index contributed by atoms with van der Waals surface area (Å²) in [5.41, 5.74) is 3.45. The van der Waals surface area contributed by atoms with Crippen LogP contribution in [0.4, 0.5) is 17.5 Å². The number of anilines is 3. The first-order valence-electron chi connectivity index (χ1n) is 11.9. The maximum absolute atomic E-state index is 5.92. The molecule has 0 saturated carbocycles. The first-order chi connectivity index (χ1) is 17.1. The average Bonchev–Trinajstić information content (AvgIpc) is 3.30. The molecule has 4 aromatic rings. The Hall–Kier alpha value is -3.79. The maximum Gasteiger partial charge on any atom is 0.227 e. The lowest BCUT2D eigenvalue weighted by Gasteiger charge is -2.33. The van der Waals surface area contributed by atoms with Crippen molar-refractivity contribution in [2.75, 3.05) is 37.0 Å². The van der Waals surface area contributed by atoms with Crippen molar-refractivity contribution >= 4 is 28.4 Å². The molecule has 1 N–H and O–H groups in total. The normalized spacial score (nSPS) is 16.0. The van der Waals surface area contributed by atoms with E-state index in [9.17, 15) is 0 Å². The van der Waals surface area contributed by atoms with E-state index < -0.39 is 0 Å². The summed E-state index contributed by atoms with van der Waals surface area (Å²) >= 11 is 0. The molecule has 35 heavy (non-hydrogen) atoms. The number of nitrogens with one attached hydrogen (secondary N) is 1. The van der Waals surface area contributed by atoms with E-state index in [1.807, 2.05) is 55.9 Å². The molecule has 0 aliphatic carbocycles. The van der Waals surface area contributed by atoms with Gasteiger partial charge in [-0.3, -0.25) is 0 Å². The predicted octanol–water partition coefficient (Wildman–Crippen LogP) is 3.89. The van der Waals surface area contributed by atoms with E-state index in [1.165, 1.54) is 0 Å². The van der Waals surface area contributed by atoms with E-state index in [-0.39, 0.29) is 6.10 Å². The maximum atomic E-state index is 5.92. The second-order valence-corrected chi connectivity index (χ2v) is 8.70. The van der Waals surface area contributed by atoms with Gasteiger partial charge in [0, 0.05) is 50.1 Å². The number of piperidine rings is 1. The van der Waals surface area contributed by atoms with Crippen LogP contribution in [0.3, 0.4) is 0 Å². The van der Waals surface area contributed by atoms with Crippen LogP contribution in [0.25, 0.3) is 22.3 Å². The largest absolute Gasteiger partial charge is 0.492 e. The van der Waals surface area contributed by atoms with E-state index in [2.05, 4.69) is 25.4 Å². The highest BCUT2D eigenvalue weighted by Crippen LogP contribution is 2.33. The fourth-order valence-electron chi connectivity index (χ4n) is 4.46. The number of ether oxygens (including phenoxy) is 2. The Bertz CT molecular complexity index is 1340. The molecule has 182 valence electrons. The van der Waals surface area contributed by atoms with Crippen LogP contribution < -0.4 is 15.0 Å². The second-order valence-electron chi connectivity index (χ2n) is 8.70. The molecule has 4 heterocycles. The molecule has 10 nitrogen and oxygen atoms in total. The Morgan fingerprint density at radius 3 is 2.86 bits per heavy atom. The van der Waals surface area contributed by atoms with Crippen LogP contribution in [0.2, 0.25) is 0 Å². The third-order valence-electron chi connectivity index (χ3n) is 6.18. The smallest absolute Gasteiger partial charge is 0.227 e. The summed E-state index contributed by atoms with van der Waals surface area (Å²) < 4.78 is 13.4. The first kappa shape index (κ1) is 23.0. The lowest BCUT2D eigenvalue weighted by Crippen LogP contribution is -2.40. The molecule has 0 amide bonds. The van der Waals surface area contributed by atoms with E-state index in [0.29, 0.717) is 18.3 Å². The van der Waals surface area contributed by atoms with Gasteiger partial charge in [-0.05, 0) is 51.0 Å². The van der Waals surface area contributed by atoms with Crippen molar-refractivity contribution in [2.24, 2.45) is 7.05 Å². The van der Waals surface area contributed by atoms with Crippen LogP contribution in [0.5, 0.6) is 5.75 Å². The van der Waals surface area contributed by atoms with E-state index in [0.717, 1.165) is 65.4 Å². The third kappa shape index (κ3) is 4.74. The number of hydrogen-bond acceptors (Lipinski definition) is 9. The van der Waals surface area contributed by atoms with E-state index >= 15 is 0 Å². The molecule has 1 saturated heterocycles. The van der Waals surface area contributed by atoms with Crippen molar-refractivity contribution in [1.82, 2.24) is 29.7 Å². The topological polar surface area (TPSA) is 103 Å². The zero-order chi connectivity index (χ0) is 24.4. The fourth-order valence-corrected chi connectivity index (χ4v) is 4.46. The van der Waals surface area contributed by atoms with Gasteiger partial charge in [-0.1, -0.05) is 0 Å². The molecule has 3 aromatic heterocycles. The number of aromatic nitrogens is 6. The SMILES string of the molecule is CCOc1cc(-c2nncn2C)ccc1Nc1ncc2cc(C)nc(N3CCCC(OC)C3)c2n1. The zero-order valence-corrected chi connectivity index (χ0v) is 20.5. The summed E-state index contributed by atoms with van der Waals surface area (Å²) in [5, 5.41) is 12.5. The molecular formula is C25H30N8O2. The van der Waals surface area contributed by atoms with Gasteiger partial charge in [-0.25, -0.2) is 15.0 Å². The molecule has 0 bridgehead atoms. The highest BCUT2D eigenvalue weighted by Gasteiger charge is 2.23. The van der Waals surface area contributed by atoms with Crippen LogP contribution in [-0.4, -0.2) is 62.6 Å². The van der Waals surface area contributed by atoms with Gasteiger partial charge in [0.1, 0.15) is 17.6 Å². The number of rotatable bonds is 7. The molecule has 0 radical (unpaired) electrons. The van der Waals surface area contributed by atoms with Gasteiger partial charge in [0.15, 0.2) is 11.6 Å². The lowest BCUT2D eigenvalue weighted by atomic mass is 10.1. The molecule has 1 fully saturated rings. The number of fused-ring (bicyclic) bond motifs is 1. The Labute approximate surface area is 204 Å². The molecule has 10 heteroatoms. The number of methoxy groups -OCH3 is 1. The van der Waals surface area contributed by atoms with Crippen molar-refractivity contribution in [3.8, 4) is 17.1 Å². The molecular weight excluding hydrogens is 444 g/mol. The van der Waals surface area contributed by atoms with Crippen molar-refractivity contribution < 1.29 is 9.47 Å². The molecule has 1 aromatic carbocycles. The Morgan fingerprint density at radius 1 is 1.20 bits per heavy atom. The van der Waals surface area contributed by atoms with Crippen LogP contribution in [-0.2, 0) is 11.8 Å². The van der Waals surface area contributed by atoms with Crippen molar-refractivity contribution in [3.05, 3.63) is 42.5 Å². The molecule has 1 aliphatic heterocycles. The van der Waals surface area contributed by atoms with Gasteiger partial charge in [0.05, 0.1) is 18.4 Å². The molecule has 1 aliphatic rings. The van der Waals surface area contributed by atoms with Gasteiger partial charge >= 0.3 is 0 Å². The third-order valence-corrected chi connectivity index (χ3v) is 6.18. The van der Waals surface area contributed by atoms with Crippen molar-refractivity contribution in [2.45, 2.75) is 32.8 Å². The minimum Gasteiger partial charge on any atom is -0.492 e. The van der Waals surface area contributed by atoms with Crippen LogP contribution in [0.1, 0.15) is 25.5 Å². The predicted molar refractivity (Wildman–Crippen MR) is 135 cm³/mol.